The average Bonchev–Trinajstić information content (AvgIpc) is 2.43. The van der Waals surface area contributed by atoms with Gasteiger partial charge in [-0.05, 0) is 25.0 Å². The predicted octanol–water partition coefficient (Wildman–Crippen LogP) is 3.75. The third-order valence-electron chi connectivity index (χ3n) is 4.06. The fourth-order valence-electron chi connectivity index (χ4n) is 2.96. The van der Waals surface area contributed by atoms with Gasteiger partial charge in [0.15, 0.2) is 1.41 Å². The second kappa shape index (κ2) is 5.55. The van der Waals surface area contributed by atoms with E-state index in [9.17, 15) is 4.79 Å². The highest BCUT2D eigenvalue weighted by Crippen LogP contribution is 2.28. The van der Waals surface area contributed by atoms with E-state index < -0.39 is 0 Å². The second-order valence-corrected chi connectivity index (χ2v) is 5.45. The molecule has 0 atom stereocenters. The van der Waals surface area contributed by atoms with Gasteiger partial charge in [0, 0.05) is 5.92 Å². The lowest BCUT2D eigenvalue weighted by atomic mass is 9.90. The molecule has 1 fully saturated rings. The zero-order chi connectivity index (χ0) is 13.9. The normalized spacial score (nSPS) is 18.8. The Balaban J connectivity index is 2.05. The first-order valence-corrected chi connectivity index (χ1v) is 7.28. The molecule has 0 aliphatic heterocycles. The summed E-state index contributed by atoms with van der Waals surface area (Å²) in [5.41, 5.74) is 0.478. The maximum atomic E-state index is 12.3. The van der Waals surface area contributed by atoms with Crippen LogP contribution < -0.4 is 5.56 Å². The molecule has 0 bridgehead atoms. The molecule has 3 nitrogen and oxygen atoms in total. The Hall–Kier alpha value is -1.64. The number of nitrogens with zero attached hydrogens (tertiary/aromatic N) is 1. The molecule has 0 saturated heterocycles. The van der Waals surface area contributed by atoms with Gasteiger partial charge in [0.2, 0.25) is 0 Å². The second-order valence-electron chi connectivity index (χ2n) is 5.45. The largest absolute Gasteiger partial charge is 0.310 e. The highest BCUT2D eigenvalue weighted by atomic mass is 16.1. The van der Waals surface area contributed by atoms with Crippen LogP contribution in [0.25, 0.3) is 10.9 Å². The Morgan fingerprint density at radius 3 is 2.58 bits per heavy atom. The van der Waals surface area contributed by atoms with Crippen LogP contribution in [-0.4, -0.2) is 9.96 Å². The first-order chi connectivity index (χ1) is 9.77. The Bertz CT molecular complexity index is 657. The molecule has 1 saturated carbocycles. The molecule has 0 unspecified atom stereocenters. The van der Waals surface area contributed by atoms with Gasteiger partial charge >= 0.3 is 0 Å². The van der Waals surface area contributed by atoms with Gasteiger partial charge in [-0.15, -0.1) is 0 Å². The summed E-state index contributed by atoms with van der Waals surface area (Å²) in [6.07, 6.45) is 8.26. The monoisotopic (exact) mass is 257 g/mol. The fourth-order valence-corrected chi connectivity index (χ4v) is 2.96. The molecule has 1 heterocycles. The van der Waals surface area contributed by atoms with E-state index in [0.29, 0.717) is 11.2 Å². The average molecular weight is 257 g/mol. The van der Waals surface area contributed by atoms with Crippen LogP contribution in [0.4, 0.5) is 0 Å². The summed E-state index contributed by atoms with van der Waals surface area (Å²) in [5, 5.41) is 0.539. The molecule has 3 rings (SSSR count). The minimum Gasteiger partial charge on any atom is -0.310 e. The van der Waals surface area contributed by atoms with E-state index >= 15 is 0 Å². The summed E-state index contributed by atoms with van der Waals surface area (Å²) in [4.78, 5) is 17.9. The van der Waals surface area contributed by atoms with E-state index in [-0.39, 0.29) is 11.5 Å². The zero-order valence-corrected chi connectivity index (χ0v) is 11.1. The number of H-pyrrole nitrogens is 1. The number of aromatic amines is 1. The van der Waals surface area contributed by atoms with Crippen LogP contribution in [0.3, 0.4) is 0 Å². The van der Waals surface area contributed by atoms with E-state index in [2.05, 4.69) is 4.98 Å². The summed E-state index contributed by atoms with van der Waals surface area (Å²) in [5.74, 6) is 0.903. The lowest BCUT2D eigenvalue weighted by Crippen LogP contribution is -2.15. The van der Waals surface area contributed by atoms with Gasteiger partial charge in [-0.1, -0.05) is 44.2 Å². The number of nitrogens with one attached hydrogen (secondary N) is 1. The maximum Gasteiger partial charge on any atom is 0.258 e. The van der Waals surface area contributed by atoms with Crippen molar-refractivity contribution in [2.24, 2.45) is 0 Å². The quantitative estimate of drug-likeness (QED) is 0.845. The van der Waals surface area contributed by atoms with Crippen LogP contribution >= 0.6 is 0 Å². The summed E-state index contributed by atoms with van der Waals surface area (Å²) >= 11 is 0. The highest BCUT2D eigenvalue weighted by molar-refractivity contribution is 5.77. The Kier molecular flexibility index (Phi) is 3.28. The SMILES string of the molecule is [2H]n1c(C2CCCCCCC2)nc2ccccc2c1=O. The molecule has 1 aromatic carbocycles. The molecule has 0 radical (unpaired) electrons. The molecule has 1 aromatic heterocycles. The lowest BCUT2D eigenvalue weighted by molar-refractivity contribution is 0.442. The summed E-state index contributed by atoms with van der Waals surface area (Å²) < 4.78 is 8.08. The molecule has 19 heavy (non-hydrogen) atoms. The molecule has 2 aromatic rings. The minimum absolute atomic E-state index is 0.243. The number of hydrogen-bond donors (Lipinski definition) is 1. The van der Waals surface area contributed by atoms with Crippen LogP contribution in [0.15, 0.2) is 29.1 Å². The van der Waals surface area contributed by atoms with Gasteiger partial charge in [-0.2, -0.15) is 0 Å². The Labute approximate surface area is 114 Å². The number of fused-ring (bicyclic) bond motifs is 1. The standard InChI is InChI=1S/C16H20N2O/c19-16-13-10-6-7-11-14(13)17-15(18-16)12-8-4-2-1-3-5-9-12/h6-7,10-12H,1-5,8-9H2,(H,17,18,19)/i/hD. The van der Waals surface area contributed by atoms with E-state index in [0.717, 1.165) is 23.3 Å². The van der Waals surface area contributed by atoms with Gasteiger partial charge in [0.25, 0.3) is 5.56 Å². The van der Waals surface area contributed by atoms with Crippen LogP contribution in [0, 0.1) is 0 Å². The number of rotatable bonds is 1. The third-order valence-corrected chi connectivity index (χ3v) is 4.06. The van der Waals surface area contributed by atoms with Crippen molar-refractivity contribution >= 4 is 10.9 Å². The molecule has 1 N–H and O–H groups in total. The highest BCUT2D eigenvalue weighted by Gasteiger charge is 2.16. The molecular formula is C16H20N2O. The smallest absolute Gasteiger partial charge is 0.258 e. The first-order valence-electron chi connectivity index (χ1n) is 7.73. The van der Waals surface area contributed by atoms with Gasteiger partial charge in [-0.25, -0.2) is 4.98 Å². The van der Waals surface area contributed by atoms with Crippen molar-refractivity contribution in [1.82, 2.24) is 9.96 Å². The van der Waals surface area contributed by atoms with Gasteiger partial charge < -0.3 is 4.98 Å². The van der Waals surface area contributed by atoms with Crippen molar-refractivity contribution < 1.29 is 1.41 Å². The van der Waals surface area contributed by atoms with Crippen molar-refractivity contribution in [3.8, 4) is 0 Å². The summed E-state index contributed by atoms with van der Waals surface area (Å²) in [6.45, 7) is 0. The molecular weight excluding hydrogens is 236 g/mol. The summed E-state index contributed by atoms with van der Waals surface area (Å²) in [7, 11) is 0. The molecule has 100 valence electrons. The number of aromatic nitrogens is 2. The van der Waals surface area contributed by atoms with E-state index in [1.54, 1.807) is 6.07 Å². The van der Waals surface area contributed by atoms with E-state index in [1.807, 2.05) is 18.2 Å². The molecule has 3 heteroatoms. The van der Waals surface area contributed by atoms with Gasteiger partial charge in [0.1, 0.15) is 5.82 Å². The first kappa shape index (κ1) is 11.2. The van der Waals surface area contributed by atoms with Crippen LogP contribution in [-0.2, 0) is 0 Å². The van der Waals surface area contributed by atoms with Gasteiger partial charge in [-0.3, -0.25) is 4.79 Å². The maximum absolute atomic E-state index is 12.3. The third kappa shape index (κ3) is 2.70. The predicted molar refractivity (Wildman–Crippen MR) is 77.4 cm³/mol. The Morgan fingerprint density at radius 1 is 1.11 bits per heavy atom. The molecule has 0 spiro atoms. The Morgan fingerprint density at radius 2 is 1.79 bits per heavy atom. The van der Waals surface area contributed by atoms with Crippen molar-refractivity contribution in [3.63, 3.8) is 0 Å². The molecule has 0 amide bonds. The van der Waals surface area contributed by atoms with Crippen molar-refractivity contribution in [2.45, 2.75) is 50.9 Å². The number of benzene rings is 1. The fraction of sp³-hybridized carbons (Fsp3) is 0.500. The van der Waals surface area contributed by atoms with Crippen LogP contribution in [0.1, 0.15) is 56.7 Å². The topological polar surface area (TPSA) is 45.8 Å². The van der Waals surface area contributed by atoms with E-state index in [4.69, 9.17) is 1.41 Å². The minimum atomic E-state index is -0.243. The summed E-state index contributed by atoms with van der Waals surface area (Å²) in [6, 6.07) is 7.33. The molecule has 1 aliphatic rings. The number of hydrogen-bond acceptors (Lipinski definition) is 2. The van der Waals surface area contributed by atoms with Crippen molar-refractivity contribution in [3.05, 3.63) is 40.4 Å². The molecule has 1 aliphatic carbocycles. The zero-order valence-electron chi connectivity index (χ0n) is 12.1. The van der Waals surface area contributed by atoms with Crippen molar-refractivity contribution in [1.29, 1.82) is 0 Å². The van der Waals surface area contributed by atoms with Crippen molar-refractivity contribution in [2.75, 3.05) is 0 Å². The number of para-hydroxylation sites is 1. The van der Waals surface area contributed by atoms with E-state index in [1.165, 1.54) is 32.1 Å². The van der Waals surface area contributed by atoms with Gasteiger partial charge in [0.05, 0.1) is 10.9 Å². The van der Waals surface area contributed by atoms with Crippen LogP contribution in [0.2, 0.25) is 1.41 Å². The van der Waals surface area contributed by atoms with Crippen LogP contribution in [0.5, 0.6) is 0 Å². The lowest BCUT2D eigenvalue weighted by Gasteiger charge is -2.18.